The number of rotatable bonds is 2. The Hall–Kier alpha value is 0.190. The molecule has 1 nitrogen and oxygen atoms in total. The van der Waals surface area contributed by atoms with Gasteiger partial charge in [0.05, 0.1) is 8.75 Å². The highest BCUT2D eigenvalue weighted by molar-refractivity contribution is 14.1. The molecule has 1 N–H and O–H groups in total. The number of hydrogen-bond donors (Lipinski definition) is 1. The third-order valence-electron chi connectivity index (χ3n) is 2.26. The summed E-state index contributed by atoms with van der Waals surface area (Å²) in [7, 11) is 0. The molecular formula is C12H10Br2IN. The zero-order valence-corrected chi connectivity index (χ0v) is 13.7. The zero-order chi connectivity index (χ0) is 11.5. The maximum Gasteiger partial charge on any atom is 0.0670 e. The fourth-order valence-electron chi connectivity index (χ4n) is 1.47. The van der Waals surface area contributed by atoms with Gasteiger partial charge in [-0.3, -0.25) is 0 Å². The third-order valence-corrected chi connectivity index (χ3v) is 6.02. The molecule has 0 amide bonds. The summed E-state index contributed by atoms with van der Waals surface area (Å²) in [6, 6.07) is 8.19. The largest absolute Gasteiger partial charge is 0.358 e. The zero-order valence-electron chi connectivity index (χ0n) is 8.33. The van der Waals surface area contributed by atoms with Gasteiger partial charge in [-0.25, -0.2) is 0 Å². The monoisotopic (exact) mass is 453 g/mol. The summed E-state index contributed by atoms with van der Waals surface area (Å²) < 4.78 is 1.52. The van der Waals surface area contributed by atoms with Crippen LogP contribution in [0.4, 0.5) is 5.69 Å². The highest BCUT2D eigenvalue weighted by atomic mass is 127. The predicted molar refractivity (Wildman–Crippen MR) is 85.5 cm³/mol. The smallest absolute Gasteiger partial charge is 0.0670 e. The fraction of sp³-hybridized carbons (Fsp3) is 0.167. The van der Waals surface area contributed by atoms with Crippen LogP contribution >= 0.6 is 54.5 Å². The van der Waals surface area contributed by atoms with Gasteiger partial charge in [-0.2, -0.15) is 0 Å². The number of hydrogen-bond acceptors (Lipinski definition) is 1. The molecule has 1 aliphatic rings. The first-order valence-electron chi connectivity index (χ1n) is 4.86. The molecule has 1 aliphatic carbocycles. The molecule has 4 heteroatoms. The van der Waals surface area contributed by atoms with Crippen LogP contribution in [0.3, 0.4) is 0 Å². The Morgan fingerprint density at radius 1 is 1.31 bits per heavy atom. The summed E-state index contributed by atoms with van der Waals surface area (Å²) in [6.45, 7) is 0. The predicted octanol–water partition coefficient (Wildman–Crippen LogP) is 4.88. The topological polar surface area (TPSA) is 12.0 Å². The summed E-state index contributed by atoms with van der Waals surface area (Å²) in [5.41, 5.74) is 2.33. The highest BCUT2D eigenvalue weighted by Crippen LogP contribution is 2.28. The molecule has 0 radical (unpaired) electrons. The number of alkyl halides is 2. The van der Waals surface area contributed by atoms with Crippen molar-refractivity contribution in [2.75, 3.05) is 5.32 Å². The van der Waals surface area contributed by atoms with Crippen molar-refractivity contribution in [1.82, 2.24) is 0 Å². The van der Waals surface area contributed by atoms with Crippen LogP contribution in [0.1, 0.15) is 0 Å². The molecule has 0 saturated heterocycles. The number of nitrogens with one attached hydrogen (secondary N) is 1. The number of anilines is 1. The van der Waals surface area contributed by atoms with E-state index >= 15 is 0 Å². The van der Waals surface area contributed by atoms with E-state index in [-0.39, 0.29) is 0 Å². The van der Waals surface area contributed by atoms with Crippen LogP contribution in [0.25, 0.3) is 0 Å². The van der Waals surface area contributed by atoms with E-state index in [2.05, 4.69) is 90.1 Å². The average molecular weight is 455 g/mol. The Morgan fingerprint density at radius 2 is 2.12 bits per heavy atom. The van der Waals surface area contributed by atoms with Gasteiger partial charge >= 0.3 is 0 Å². The minimum Gasteiger partial charge on any atom is -0.358 e. The minimum atomic E-state index is 0.396. The van der Waals surface area contributed by atoms with Crippen LogP contribution < -0.4 is 5.32 Å². The lowest BCUT2D eigenvalue weighted by Gasteiger charge is -2.22. The van der Waals surface area contributed by atoms with E-state index < -0.39 is 0 Å². The van der Waals surface area contributed by atoms with Crippen LogP contribution in [0.2, 0.25) is 0 Å². The van der Waals surface area contributed by atoms with Gasteiger partial charge in [-0.05, 0) is 24.3 Å². The van der Waals surface area contributed by atoms with Crippen molar-refractivity contribution in [3.8, 4) is 0 Å². The van der Waals surface area contributed by atoms with Gasteiger partial charge in [-0.1, -0.05) is 72.7 Å². The van der Waals surface area contributed by atoms with Gasteiger partial charge in [0, 0.05) is 15.9 Å². The molecule has 2 rings (SSSR count). The van der Waals surface area contributed by atoms with Gasteiger partial charge in [-0.15, -0.1) is 0 Å². The first-order valence-corrected chi connectivity index (χ1v) is 7.81. The average Bonchev–Trinajstić information content (AvgIpc) is 2.25. The Morgan fingerprint density at radius 3 is 2.88 bits per heavy atom. The summed E-state index contributed by atoms with van der Waals surface area (Å²) in [5, 5.41) is 3.44. The first-order chi connectivity index (χ1) is 7.66. The molecule has 1 aromatic rings. The third kappa shape index (κ3) is 3.11. The van der Waals surface area contributed by atoms with Crippen LogP contribution in [-0.4, -0.2) is 8.75 Å². The molecule has 84 valence electrons. The molecule has 1 aromatic carbocycles. The Balaban J connectivity index is 2.16. The summed E-state index contributed by atoms with van der Waals surface area (Å²) >= 11 is 9.55. The van der Waals surface area contributed by atoms with E-state index in [1.165, 1.54) is 5.70 Å². The Kier molecular flexibility index (Phi) is 4.49. The summed E-state index contributed by atoms with van der Waals surface area (Å²) in [4.78, 5) is 0.396. The molecular weight excluding hydrogens is 445 g/mol. The van der Waals surface area contributed by atoms with Crippen molar-refractivity contribution >= 4 is 60.1 Å². The normalized spacial score (nSPS) is 24.1. The van der Waals surface area contributed by atoms with Gasteiger partial charge in [0.15, 0.2) is 0 Å². The second-order valence-electron chi connectivity index (χ2n) is 3.49. The molecule has 0 aliphatic heterocycles. The van der Waals surface area contributed by atoms with Crippen molar-refractivity contribution in [2.24, 2.45) is 0 Å². The van der Waals surface area contributed by atoms with Crippen molar-refractivity contribution in [3.05, 3.63) is 52.7 Å². The summed E-state index contributed by atoms with van der Waals surface area (Å²) in [5.74, 6) is 0. The van der Waals surface area contributed by atoms with Crippen molar-refractivity contribution in [1.29, 1.82) is 0 Å². The second kappa shape index (κ2) is 5.69. The van der Waals surface area contributed by atoms with Crippen LogP contribution in [0.5, 0.6) is 0 Å². The number of allylic oxidation sites excluding steroid dienone is 4. The fourth-order valence-corrected chi connectivity index (χ4v) is 2.93. The molecule has 0 fully saturated rings. The molecule has 0 saturated carbocycles. The van der Waals surface area contributed by atoms with Crippen molar-refractivity contribution in [2.45, 2.75) is 8.75 Å². The van der Waals surface area contributed by atoms with E-state index in [1.54, 1.807) is 0 Å². The van der Waals surface area contributed by atoms with Crippen LogP contribution in [-0.2, 0) is 0 Å². The SMILES string of the molecule is Brc1cccc(NC2=CC=CC(Br)C2I)c1. The maximum atomic E-state index is 3.64. The van der Waals surface area contributed by atoms with Gasteiger partial charge in [0.25, 0.3) is 0 Å². The van der Waals surface area contributed by atoms with E-state index in [1.807, 2.05) is 12.1 Å². The molecule has 0 bridgehead atoms. The second-order valence-corrected chi connectivity index (χ2v) is 6.80. The molecule has 2 unspecified atom stereocenters. The Bertz CT molecular complexity index is 442. The van der Waals surface area contributed by atoms with Gasteiger partial charge in [0.1, 0.15) is 0 Å². The van der Waals surface area contributed by atoms with E-state index in [4.69, 9.17) is 0 Å². The van der Waals surface area contributed by atoms with E-state index in [0.717, 1.165) is 10.2 Å². The molecule has 2 atom stereocenters. The van der Waals surface area contributed by atoms with E-state index in [0.29, 0.717) is 8.75 Å². The number of benzene rings is 1. The first kappa shape index (κ1) is 12.6. The van der Waals surface area contributed by atoms with Crippen molar-refractivity contribution < 1.29 is 0 Å². The quantitative estimate of drug-likeness (QED) is 0.496. The van der Waals surface area contributed by atoms with Gasteiger partial charge in [0.2, 0.25) is 0 Å². The minimum absolute atomic E-state index is 0.396. The lowest BCUT2D eigenvalue weighted by molar-refractivity contribution is 1.05. The molecule has 0 heterocycles. The highest BCUT2D eigenvalue weighted by Gasteiger charge is 2.20. The van der Waals surface area contributed by atoms with Crippen molar-refractivity contribution in [3.63, 3.8) is 0 Å². The molecule has 0 spiro atoms. The maximum absolute atomic E-state index is 3.64. The standard InChI is InChI=1S/C12H10Br2IN/c13-8-3-1-4-9(7-8)16-11-6-2-5-10(14)12(11)15/h1-7,10,12,16H. The molecule has 16 heavy (non-hydrogen) atoms. The van der Waals surface area contributed by atoms with Crippen LogP contribution in [0, 0.1) is 0 Å². The lowest BCUT2D eigenvalue weighted by Crippen LogP contribution is -2.21. The van der Waals surface area contributed by atoms with Crippen LogP contribution in [0.15, 0.2) is 52.7 Å². The summed E-state index contributed by atoms with van der Waals surface area (Å²) in [6.07, 6.45) is 6.36. The Labute approximate surface area is 126 Å². The number of halogens is 3. The van der Waals surface area contributed by atoms with Gasteiger partial charge < -0.3 is 5.32 Å². The molecule has 0 aromatic heterocycles. The van der Waals surface area contributed by atoms with E-state index in [9.17, 15) is 0 Å². The lowest BCUT2D eigenvalue weighted by atomic mass is 10.1.